The average molecular weight is 237 g/mol. The van der Waals surface area contributed by atoms with E-state index in [9.17, 15) is 9.18 Å². The van der Waals surface area contributed by atoms with Crippen molar-refractivity contribution < 1.29 is 13.9 Å². The molecule has 17 heavy (non-hydrogen) atoms. The quantitative estimate of drug-likeness (QED) is 0.872. The summed E-state index contributed by atoms with van der Waals surface area (Å²) < 4.78 is 18.7. The second kappa shape index (κ2) is 5.27. The van der Waals surface area contributed by atoms with E-state index in [4.69, 9.17) is 4.74 Å². The number of hydrogen-bond donors (Lipinski definition) is 1. The number of nitrogens with one attached hydrogen (secondary N) is 1. The topological polar surface area (TPSA) is 38.3 Å². The third kappa shape index (κ3) is 3.03. The molecule has 2 rings (SSSR count). The van der Waals surface area contributed by atoms with Gasteiger partial charge in [-0.15, -0.1) is 0 Å². The Balaban J connectivity index is 1.94. The lowest BCUT2D eigenvalue weighted by Gasteiger charge is -2.10. The van der Waals surface area contributed by atoms with Crippen LogP contribution in [0, 0.1) is 18.7 Å². The fraction of sp³-hybridized carbons (Fsp3) is 0.462. The summed E-state index contributed by atoms with van der Waals surface area (Å²) in [4.78, 5) is 11.7. The second-order valence-corrected chi connectivity index (χ2v) is 4.42. The van der Waals surface area contributed by atoms with Crippen LogP contribution in [0.15, 0.2) is 18.2 Å². The van der Waals surface area contributed by atoms with Gasteiger partial charge in [0.2, 0.25) is 0 Å². The number of carbonyl (C=O) groups is 1. The maximum atomic E-state index is 13.5. The van der Waals surface area contributed by atoms with E-state index in [1.54, 1.807) is 13.0 Å². The van der Waals surface area contributed by atoms with E-state index in [0.29, 0.717) is 19.1 Å². The molecule has 0 bridgehead atoms. The summed E-state index contributed by atoms with van der Waals surface area (Å²) >= 11 is 0. The summed E-state index contributed by atoms with van der Waals surface area (Å²) in [6.07, 6.45) is 0.955. The van der Waals surface area contributed by atoms with Crippen LogP contribution < -0.4 is 5.32 Å². The molecule has 0 saturated carbocycles. The number of halogens is 1. The summed E-state index contributed by atoms with van der Waals surface area (Å²) in [6, 6.07) is 4.62. The van der Waals surface area contributed by atoms with E-state index in [2.05, 4.69) is 5.32 Å². The van der Waals surface area contributed by atoms with Crippen molar-refractivity contribution in [1.29, 1.82) is 0 Å². The summed E-state index contributed by atoms with van der Waals surface area (Å²) in [6.45, 7) is 3.77. The molecule has 1 aliphatic rings. The van der Waals surface area contributed by atoms with Crippen LogP contribution in [0.4, 0.5) is 4.39 Å². The van der Waals surface area contributed by atoms with Crippen LogP contribution in [0.2, 0.25) is 0 Å². The van der Waals surface area contributed by atoms with Crippen molar-refractivity contribution in [3.8, 4) is 0 Å². The highest BCUT2D eigenvalue weighted by Gasteiger charge is 2.18. The van der Waals surface area contributed by atoms with Gasteiger partial charge < -0.3 is 10.1 Å². The molecule has 0 aromatic heterocycles. The standard InChI is InChI=1S/C13H16FNO2/c1-9-2-3-11(12(14)6-9)13(16)15-7-10-4-5-17-8-10/h2-3,6,10H,4-5,7-8H2,1H3,(H,15,16). The Morgan fingerprint density at radius 2 is 2.41 bits per heavy atom. The fourth-order valence-corrected chi connectivity index (χ4v) is 1.88. The predicted octanol–water partition coefficient (Wildman–Crippen LogP) is 1.90. The molecule has 1 aromatic carbocycles. The molecule has 1 fully saturated rings. The van der Waals surface area contributed by atoms with Crippen LogP contribution in [0.5, 0.6) is 0 Å². The van der Waals surface area contributed by atoms with Crippen LogP contribution in [0.1, 0.15) is 22.3 Å². The Morgan fingerprint density at radius 1 is 1.59 bits per heavy atom. The van der Waals surface area contributed by atoms with Gasteiger partial charge in [0.25, 0.3) is 5.91 Å². The van der Waals surface area contributed by atoms with Crippen molar-refractivity contribution >= 4 is 5.91 Å². The lowest BCUT2D eigenvalue weighted by molar-refractivity contribution is 0.0941. The molecule has 1 amide bonds. The number of aryl methyl sites for hydroxylation is 1. The van der Waals surface area contributed by atoms with Gasteiger partial charge in [0.1, 0.15) is 5.82 Å². The van der Waals surface area contributed by atoms with E-state index in [1.165, 1.54) is 12.1 Å². The molecule has 1 atom stereocenters. The Hall–Kier alpha value is -1.42. The molecule has 1 aromatic rings. The van der Waals surface area contributed by atoms with Crippen molar-refractivity contribution in [3.05, 3.63) is 35.1 Å². The van der Waals surface area contributed by atoms with Crippen molar-refractivity contribution in [2.75, 3.05) is 19.8 Å². The van der Waals surface area contributed by atoms with Crippen LogP contribution >= 0.6 is 0 Å². The number of hydrogen-bond acceptors (Lipinski definition) is 2. The number of ether oxygens (including phenoxy) is 1. The maximum Gasteiger partial charge on any atom is 0.254 e. The van der Waals surface area contributed by atoms with Crippen LogP contribution in [-0.2, 0) is 4.74 Å². The molecule has 0 radical (unpaired) electrons. The normalized spacial score (nSPS) is 19.3. The van der Waals surface area contributed by atoms with Crippen LogP contribution in [0.25, 0.3) is 0 Å². The first-order valence-electron chi connectivity index (χ1n) is 5.79. The number of rotatable bonds is 3. The predicted molar refractivity (Wildman–Crippen MR) is 62.4 cm³/mol. The molecule has 1 N–H and O–H groups in total. The van der Waals surface area contributed by atoms with Gasteiger partial charge in [-0.1, -0.05) is 6.07 Å². The lowest BCUT2D eigenvalue weighted by Crippen LogP contribution is -2.30. The van der Waals surface area contributed by atoms with E-state index < -0.39 is 5.82 Å². The number of amides is 1. The Kier molecular flexibility index (Phi) is 3.74. The van der Waals surface area contributed by atoms with Crippen LogP contribution in [0.3, 0.4) is 0 Å². The summed E-state index contributed by atoms with van der Waals surface area (Å²) in [5, 5.41) is 2.74. The van der Waals surface area contributed by atoms with Gasteiger partial charge in [-0.3, -0.25) is 4.79 Å². The van der Waals surface area contributed by atoms with Gasteiger partial charge in [0, 0.05) is 19.1 Å². The van der Waals surface area contributed by atoms with Crippen molar-refractivity contribution in [2.24, 2.45) is 5.92 Å². The number of benzene rings is 1. The maximum absolute atomic E-state index is 13.5. The molecule has 1 saturated heterocycles. The molecule has 92 valence electrons. The van der Waals surface area contributed by atoms with Gasteiger partial charge in [-0.25, -0.2) is 4.39 Å². The van der Waals surface area contributed by atoms with E-state index >= 15 is 0 Å². The van der Waals surface area contributed by atoms with Gasteiger partial charge in [-0.2, -0.15) is 0 Å². The molecule has 4 heteroatoms. The summed E-state index contributed by atoms with van der Waals surface area (Å²) in [5.74, 6) is -0.466. The molecule has 1 aliphatic heterocycles. The van der Waals surface area contributed by atoms with E-state index in [-0.39, 0.29) is 11.5 Å². The van der Waals surface area contributed by atoms with Crippen molar-refractivity contribution in [2.45, 2.75) is 13.3 Å². The van der Waals surface area contributed by atoms with Crippen molar-refractivity contribution in [1.82, 2.24) is 5.32 Å². The molecule has 0 spiro atoms. The van der Waals surface area contributed by atoms with Gasteiger partial charge in [-0.05, 0) is 31.0 Å². The third-order valence-corrected chi connectivity index (χ3v) is 2.94. The first kappa shape index (κ1) is 12.0. The Morgan fingerprint density at radius 3 is 3.06 bits per heavy atom. The Labute approximate surface area is 100.0 Å². The first-order valence-corrected chi connectivity index (χ1v) is 5.79. The third-order valence-electron chi connectivity index (χ3n) is 2.94. The monoisotopic (exact) mass is 237 g/mol. The van der Waals surface area contributed by atoms with Gasteiger partial charge in [0.05, 0.1) is 12.2 Å². The molecular formula is C13H16FNO2. The largest absolute Gasteiger partial charge is 0.381 e. The smallest absolute Gasteiger partial charge is 0.254 e. The van der Waals surface area contributed by atoms with E-state index in [1.807, 2.05) is 0 Å². The lowest BCUT2D eigenvalue weighted by atomic mass is 10.1. The Bertz CT molecular complexity index is 414. The molecule has 3 nitrogen and oxygen atoms in total. The minimum absolute atomic E-state index is 0.106. The molecule has 0 aliphatic carbocycles. The molecule has 1 heterocycles. The minimum Gasteiger partial charge on any atom is -0.381 e. The van der Waals surface area contributed by atoms with Gasteiger partial charge in [0.15, 0.2) is 0 Å². The number of carbonyl (C=O) groups excluding carboxylic acids is 1. The first-order chi connectivity index (χ1) is 8.16. The highest BCUT2D eigenvalue weighted by molar-refractivity contribution is 5.94. The molecular weight excluding hydrogens is 221 g/mol. The highest BCUT2D eigenvalue weighted by atomic mass is 19.1. The highest BCUT2D eigenvalue weighted by Crippen LogP contribution is 2.12. The minimum atomic E-state index is -0.467. The van der Waals surface area contributed by atoms with E-state index in [0.717, 1.165) is 18.6 Å². The van der Waals surface area contributed by atoms with Crippen LogP contribution in [-0.4, -0.2) is 25.7 Å². The second-order valence-electron chi connectivity index (χ2n) is 4.42. The zero-order valence-corrected chi connectivity index (χ0v) is 9.83. The zero-order valence-electron chi connectivity index (χ0n) is 9.83. The van der Waals surface area contributed by atoms with Crippen molar-refractivity contribution in [3.63, 3.8) is 0 Å². The summed E-state index contributed by atoms with van der Waals surface area (Å²) in [7, 11) is 0. The van der Waals surface area contributed by atoms with Gasteiger partial charge >= 0.3 is 0 Å². The SMILES string of the molecule is Cc1ccc(C(=O)NCC2CCOC2)c(F)c1. The molecule has 1 unspecified atom stereocenters. The zero-order chi connectivity index (χ0) is 12.3. The average Bonchev–Trinajstić information content (AvgIpc) is 2.78. The fourth-order valence-electron chi connectivity index (χ4n) is 1.88. The summed E-state index contributed by atoms with van der Waals surface area (Å²) in [5.41, 5.74) is 0.915.